The molecular formula is C21H13N3O2. The molecule has 26 heavy (non-hydrogen) atoms. The van der Waals surface area contributed by atoms with E-state index in [1.54, 1.807) is 35.0 Å². The Kier molecular flexibility index (Phi) is 3.03. The third-order valence-corrected chi connectivity index (χ3v) is 4.64. The molecule has 124 valence electrons. The summed E-state index contributed by atoms with van der Waals surface area (Å²) in [6.45, 7) is 0. The number of aromatic nitrogens is 3. The lowest BCUT2D eigenvalue weighted by atomic mass is 9.99. The molecule has 0 aliphatic heterocycles. The van der Waals surface area contributed by atoms with Gasteiger partial charge < -0.3 is 4.98 Å². The lowest BCUT2D eigenvalue weighted by molar-refractivity contribution is 0.104. The van der Waals surface area contributed by atoms with E-state index < -0.39 is 0 Å². The number of benzene rings is 2. The molecular weight excluding hydrogens is 326 g/mol. The number of hydrogen-bond donors (Lipinski definition) is 1. The molecule has 0 saturated carbocycles. The molecule has 5 rings (SSSR count). The van der Waals surface area contributed by atoms with Crippen LogP contribution in [0.2, 0.25) is 0 Å². The zero-order valence-corrected chi connectivity index (χ0v) is 13.6. The van der Waals surface area contributed by atoms with E-state index in [-0.39, 0.29) is 11.3 Å². The molecule has 1 N–H and O–H groups in total. The molecule has 5 aromatic rings. The summed E-state index contributed by atoms with van der Waals surface area (Å²) in [6.07, 6.45) is 3.17. The zero-order valence-electron chi connectivity index (χ0n) is 13.6. The van der Waals surface area contributed by atoms with Crippen LogP contribution in [-0.2, 0) is 0 Å². The number of para-hydroxylation sites is 2. The van der Waals surface area contributed by atoms with Gasteiger partial charge in [0, 0.05) is 28.7 Å². The fourth-order valence-electron chi connectivity index (χ4n) is 3.47. The number of nitrogens with zero attached hydrogens (tertiary/aromatic N) is 2. The van der Waals surface area contributed by atoms with Crippen LogP contribution in [0.25, 0.3) is 27.5 Å². The maximum Gasteiger partial charge on any atom is 0.264 e. The van der Waals surface area contributed by atoms with Crippen molar-refractivity contribution < 1.29 is 4.79 Å². The molecule has 0 bridgehead atoms. The number of H-pyrrole nitrogens is 1. The Labute approximate surface area is 147 Å². The van der Waals surface area contributed by atoms with Gasteiger partial charge in [-0.15, -0.1) is 0 Å². The van der Waals surface area contributed by atoms with Gasteiger partial charge in [0.2, 0.25) is 0 Å². The lowest BCUT2D eigenvalue weighted by Gasteiger charge is -2.08. The summed E-state index contributed by atoms with van der Waals surface area (Å²) in [5, 5.41) is 1.15. The molecule has 0 fully saturated rings. The van der Waals surface area contributed by atoms with E-state index in [0.717, 1.165) is 11.0 Å². The first-order chi connectivity index (χ1) is 12.8. The number of nitrogens with one attached hydrogen (secondary N) is 1. The fourth-order valence-corrected chi connectivity index (χ4v) is 3.47. The SMILES string of the molecule is O=C(c1cccnc1)c1c2ccccc2c(=O)n2c1[nH]c1ccccc12. The third-order valence-electron chi connectivity index (χ3n) is 4.64. The highest BCUT2D eigenvalue weighted by molar-refractivity contribution is 6.20. The molecule has 0 spiro atoms. The molecule has 0 amide bonds. The number of imidazole rings is 1. The second-order valence-corrected chi connectivity index (χ2v) is 6.12. The van der Waals surface area contributed by atoms with Crippen molar-refractivity contribution in [3.63, 3.8) is 0 Å². The van der Waals surface area contributed by atoms with Gasteiger partial charge in [-0.05, 0) is 30.3 Å². The van der Waals surface area contributed by atoms with Crippen LogP contribution in [0.4, 0.5) is 0 Å². The first-order valence-corrected chi connectivity index (χ1v) is 8.24. The Morgan fingerprint density at radius 1 is 0.923 bits per heavy atom. The number of ketones is 1. The van der Waals surface area contributed by atoms with Crippen molar-refractivity contribution in [2.24, 2.45) is 0 Å². The molecule has 0 aliphatic carbocycles. The van der Waals surface area contributed by atoms with E-state index in [4.69, 9.17) is 0 Å². The highest BCUT2D eigenvalue weighted by Gasteiger charge is 2.21. The fraction of sp³-hybridized carbons (Fsp3) is 0. The van der Waals surface area contributed by atoms with Crippen LogP contribution in [0.5, 0.6) is 0 Å². The largest absolute Gasteiger partial charge is 0.339 e. The van der Waals surface area contributed by atoms with Crippen LogP contribution in [0.3, 0.4) is 0 Å². The predicted molar refractivity (Wildman–Crippen MR) is 101 cm³/mol. The van der Waals surface area contributed by atoms with Crippen LogP contribution in [0.15, 0.2) is 77.9 Å². The molecule has 0 atom stereocenters. The molecule has 2 aromatic carbocycles. The number of hydrogen-bond acceptors (Lipinski definition) is 3. The Bertz CT molecular complexity index is 1360. The van der Waals surface area contributed by atoms with E-state index in [9.17, 15) is 9.59 Å². The monoisotopic (exact) mass is 339 g/mol. The summed E-state index contributed by atoms with van der Waals surface area (Å²) in [4.78, 5) is 33.7. The number of rotatable bonds is 2. The van der Waals surface area contributed by atoms with Gasteiger partial charge in [0.15, 0.2) is 5.78 Å². The number of aromatic amines is 1. The van der Waals surface area contributed by atoms with E-state index in [1.807, 2.05) is 42.5 Å². The molecule has 0 saturated heterocycles. The van der Waals surface area contributed by atoms with Crippen LogP contribution < -0.4 is 5.56 Å². The zero-order chi connectivity index (χ0) is 17.7. The van der Waals surface area contributed by atoms with Gasteiger partial charge in [0.05, 0.1) is 16.6 Å². The standard InChI is InChI=1S/C21H13N3O2/c25-19(13-6-5-11-22-12-13)18-14-7-1-2-8-15(14)21(26)24-17-10-4-3-9-16(17)23-20(18)24/h1-12,23H. The van der Waals surface area contributed by atoms with Crippen LogP contribution in [-0.4, -0.2) is 20.2 Å². The Hall–Kier alpha value is -3.73. The number of pyridine rings is 2. The topological polar surface area (TPSA) is 67.2 Å². The third kappa shape index (κ3) is 1.94. The van der Waals surface area contributed by atoms with Gasteiger partial charge in [-0.25, -0.2) is 0 Å². The van der Waals surface area contributed by atoms with Gasteiger partial charge in [0.25, 0.3) is 5.56 Å². The second-order valence-electron chi connectivity index (χ2n) is 6.12. The first-order valence-electron chi connectivity index (χ1n) is 8.24. The molecule has 3 aromatic heterocycles. The van der Waals surface area contributed by atoms with E-state index in [1.165, 1.54) is 0 Å². The van der Waals surface area contributed by atoms with Gasteiger partial charge in [-0.1, -0.05) is 30.3 Å². The highest BCUT2D eigenvalue weighted by Crippen LogP contribution is 2.26. The van der Waals surface area contributed by atoms with Crippen molar-refractivity contribution in [1.82, 2.24) is 14.4 Å². The number of fused-ring (bicyclic) bond motifs is 4. The summed E-state index contributed by atoms with van der Waals surface area (Å²) in [5.41, 5.74) is 2.87. The van der Waals surface area contributed by atoms with Crippen molar-refractivity contribution in [2.75, 3.05) is 0 Å². The molecule has 5 nitrogen and oxygen atoms in total. The Balaban J connectivity index is 2.02. The van der Waals surface area contributed by atoms with Crippen molar-refractivity contribution in [1.29, 1.82) is 0 Å². The molecule has 0 unspecified atom stereocenters. The average Bonchev–Trinajstić information content (AvgIpc) is 3.08. The van der Waals surface area contributed by atoms with Crippen molar-refractivity contribution >= 4 is 33.2 Å². The Morgan fingerprint density at radius 3 is 2.50 bits per heavy atom. The smallest absolute Gasteiger partial charge is 0.264 e. The van der Waals surface area contributed by atoms with E-state index >= 15 is 0 Å². The van der Waals surface area contributed by atoms with Crippen molar-refractivity contribution in [2.45, 2.75) is 0 Å². The minimum absolute atomic E-state index is 0.143. The van der Waals surface area contributed by atoms with Gasteiger partial charge in [-0.3, -0.25) is 19.0 Å². The van der Waals surface area contributed by atoms with Gasteiger partial charge in [-0.2, -0.15) is 0 Å². The summed E-state index contributed by atoms with van der Waals surface area (Å²) >= 11 is 0. The molecule has 3 heterocycles. The van der Waals surface area contributed by atoms with E-state index in [2.05, 4.69) is 9.97 Å². The molecule has 0 radical (unpaired) electrons. The molecule has 5 heteroatoms. The number of carbonyl (C=O) groups excluding carboxylic acids is 1. The van der Waals surface area contributed by atoms with Crippen molar-refractivity contribution in [3.8, 4) is 0 Å². The second kappa shape index (κ2) is 5.39. The minimum Gasteiger partial charge on any atom is -0.339 e. The number of carbonyl (C=O) groups is 1. The van der Waals surface area contributed by atoms with Gasteiger partial charge >= 0.3 is 0 Å². The summed E-state index contributed by atoms with van der Waals surface area (Å²) in [6, 6.07) is 18.2. The summed E-state index contributed by atoms with van der Waals surface area (Å²) in [7, 11) is 0. The highest BCUT2D eigenvalue weighted by atomic mass is 16.1. The van der Waals surface area contributed by atoms with E-state index in [0.29, 0.717) is 27.5 Å². The maximum absolute atomic E-state index is 13.3. The summed E-state index contributed by atoms with van der Waals surface area (Å²) < 4.78 is 1.58. The lowest BCUT2D eigenvalue weighted by Crippen LogP contribution is -2.17. The minimum atomic E-state index is -0.168. The summed E-state index contributed by atoms with van der Waals surface area (Å²) in [5.74, 6) is -0.168. The normalized spacial score (nSPS) is 11.4. The quantitative estimate of drug-likeness (QED) is 0.500. The van der Waals surface area contributed by atoms with Crippen LogP contribution in [0.1, 0.15) is 15.9 Å². The molecule has 0 aliphatic rings. The Morgan fingerprint density at radius 2 is 1.69 bits per heavy atom. The van der Waals surface area contributed by atoms with Crippen molar-refractivity contribution in [3.05, 3.63) is 94.5 Å². The van der Waals surface area contributed by atoms with Gasteiger partial charge in [0.1, 0.15) is 5.65 Å². The predicted octanol–water partition coefficient (Wildman–Crippen LogP) is 3.56. The maximum atomic E-state index is 13.3. The van der Waals surface area contributed by atoms with Crippen LogP contribution >= 0.6 is 0 Å². The van der Waals surface area contributed by atoms with Crippen LogP contribution in [0, 0.1) is 0 Å². The average molecular weight is 339 g/mol. The first kappa shape index (κ1) is 14.6.